The summed E-state index contributed by atoms with van der Waals surface area (Å²) >= 11 is 1.48. The Balaban J connectivity index is 1.74. The van der Waals surface area contributed by atoms with Crippen LogP contribution in [0.5, 0.6) is 0 Å². The maximum atomic E-state index is 13.7. The summed E-state index contributed by atoms with van der Waals surface area (Å²) in [6.45, 7) is 2.85. The maximum Gasteiger partial charge on any atom is 0.247 e. The van der Waals surface area contributed by atoms with Crippen molar-refractivity contribution >= 4 is 42.6 Å². The molecule has 6 nitrogen and oxygen atoms in total. The van der Waals surface area contributed by atoms with E-state index >= 15 is 0 Å². The third-order valence-corrected chi connectivity index (χ3v) is 8.03. The topological polar surface area (TPSA) is 70.6 Å². The number of hydrogen-bond donors (Lipinski definition) is 0. The van der Waals surface area contributed by atoms with Gasteiger partial charge in [0.1, 0.15) is 6.04 Å². The lowest BCUT2D eigenvalue weighted by atomic mass is 10.0. The first-order valence-corrected chi connectivity index (χ1v) is 13.2. The summed E-state index contributed by atoms with van der Waals surface area (Å²) in [5.74, 6) is -0.205. The number of aromatic nitrogens is 1. The lowest BCUT2D eigenvalue weighted by molar-refractivity contribution is -0.123. The van der Waals surface area contributed by atoms with E-state index in [2.05, 4.69) is 19.1 Å². The van der Waals surface area contributed by atoms with Gasteiger partial charge in [0.25, 0.3) is 0 Å². The van der Waals surface area contributed by atoms with Crippen LogP contribution in [0.4, 0.5) is 5.13 Å². The van der Waals surface area contributed by atoms with Crippen molar-refractivity contribution in [3.05, 3.63) is 59.7 Å². The Morgan fingerprint density at radius 1 is 1.16 bits per heavy atom. The van der Waals surface area contributed by atoms with Crippen molar-refractivity contribution in [1.82, 2.24) is 9.29 Å². The quantitative estimate of drug-likeness (QED) is 0.556. The molecule has 0 aliphatic carbocycles. The second-order valence-corrected chi connectivity index (χ2v) is 10.9. The Morgan fingerprint density at radius 3 is 2.65 bits per heavy atom. The van der Waals surface area contributed by atoms with Crippen molar-refractivity contribution in [2.45, 2.75) is 45.2 Å². The number of carbonyl (C=O) groups excluding carboxylic acids is 1. The summed E-state index contributed by atoms with van der Waals surface area (Å²) in [6, 6.07) is 15.2. The number of anilines is 1. The van der Waals surface area contributed by atoms with Crippen LogP contribution in [0, 0.1) is 0 Å². The minimum Gasteiger partial charge on any atom is -0.282 e. The third-order valence-electron chi connectivity index (χ3n) is 5.69. The molecule has 0 radical (unpaired) electrons. The van der Waals surface area contributed by atoms with E-state index in [1.165, 1.54) is 27.5 Å². The van der Waals surface area contributed by atoms with Crippen molar-refractivity contribution in [2.24, 2.45) is 0 Å². The molecule has 0 spiro atoms. The molecule has 164 valence electrons. The molecule has 1 saturated heterocycles. The van der Waals surface area contributed by atoms with Crippen molar-refractivity contribution in [3.63, 3.8) is 0 Å². The standard InChI is InChI=1S/C23H27N3O3S2/c1-3-17-12-13-19-21(15-17)30-23(24-19)25(16-18-9-5-4-6-10-18)22(27)20-11-7-8-14-26(20)31(2,28)29/h4-6,9-10,12-13,15,20H,3,7-8,11,14,16H2,1-2H3. The predicted molar refractivity (Wildman–Crippen MR) is 126 cm³/mol. The molecular weight excluding hydrogens is 430 g/mol. The van der Waals surface area contributed by atoms with Gasteiger partial charge in [-0.05, 0) is 42.5 Å². The molecular formula is C23H27N3O3S2. The van der Waals surface area contributed by atoms with Crippen LogP contribution in [0.15, 0.2) is 48.5 Å². The molecule has 1 atom stereocenters. The molecule has 1 fully saturated rings. The fourth-order valence-electron chi connectivity index (χ4n) is 4.03. The van der Waals surface area contributed by atoms with E-state index in [0.717, 1.165) is 35.0 Å². The van der Waals surface area contributed by atoms with Gasteiger partial charge in [-0.3, -0.25) is 9.69 Å². The van der Waals surface area contributed by atoms with Crippen LogP contribution in [-0.2, 0) is 27.8 Å². The van der Waals surface area contributed by atoms with Gasteiger partial charge in [-0.2, -0.15) is 4.31 Å². The number of piperidine rings is 1. The number of hydrogen-bond acceptors (Lipinski definition) is 5. The zero-order valence-electron chi connectivity index (χ0n) is 17.8. The van der Waals surface area contributed by atoms with Gasteiger partial charge >= 0.3 is 0 Å². The molecule has 0 bridgehead atoms. The van der Waals surface area contributed by atoms with E-state index in [1.807, 2.05) is 36.4 Å². The first-order chi connectivity index (χ1) is 14.9. The van der Waals surface area contributed by atoms with Crippen LogP contribution < -0.4 is 4.90 Å². The average Bonchev–Trinajstić information content (AvgIpc) is 3.20. The summed E-state index contributed by atoms with van der Waals surface area (Å²) in [4.78, 5) is 20.2. The van der Waals surface area contributed by atoms with E-state index in [-0.39, 0.29) is 5.91 Å². The number of thiazole rings is 1. The highest BCUT2D eigenvalue weighted by Crippen LogP contribution is 2.33. The predicted octanol–water partition coefficient (Wildman–Crippen LogP) is 4.21. The second-order valence-electron chi connectivity index (χ2n) is 7.95. The van der Waals surface area contributed by atoms with Crippen LogP contribution in [0.3, 0.4) is 0 Å². The van der Waals surface area contributed by atoms with Gasteiger partial charge in [0.2, 0.25) is 15.9 Å². The molecule has 2 aromatic carbocycles. The number of rotatable bonds is 6. The van der Waals surface area contributed by atoms with Crippen molar-refractivity contribution in [1.29, 1.82) is 0 Å². The lowest BCUT2D eigenvalue weighted by Crippen LogP contribution is -2.52. The van der Waals surface area contributed by atoms with E-state index < -0.39 is 16.1 Å². The van der Waals surface area contributed by atoms with Crippen LogP contribution >= 0.6 is 11.3 Å². The number of fused-ring (bicyclic) bond motifs is 1. The summed E-state index contributed by atoms with van der Waals surface area (Å²) < 4.78 is 27.1. The highest BCUT2D eigenvalue weighted by atomic mass is 32.2. The van der Waals surface area contributed by atoms with E-state index in [9.17, 15) is 13.2 Å². The SMILES string of the molecule is CCc1ccc2nc(N(Cc3ccccc3)C(=O)C3CCCCN3S(C)(=O)=O)sc2c1. The molecule has 8 heteroatoms. The summed E-state index contributed by atoms with van der Waals surface area (Å²) in [5.41, 5.74) is 3.05. The highest BCUT2D eigenvalue weighted by Gasteiger charge is 2.38. The minimum absolute atomic E-state index is 0.205. The van der Waals surface area contributed by atoms with Gasteiger partial charge in [0, 0.05) is 6.54 Å². The fourth-order valence-corrected chi connectivity index (χ4v) is 6.18. The van der Waals surface area contributed by atoms with Crippen LogP contribution in [-0.4, -0.2) is 42.5 Å². The molecule has 1 aromatic heterocycles. The molecule has 2 heterocycles. The number of aryl methyl sites for hydroxylation is 1. The second kappa shape index (κ2) is 9.06. The van der Waals surface area contributed by atoms with Crippen molar-refractivity contribution in [3.8, 4) is 0 Å². The van der Waals surface area contributed by atoms with Gasteiger partial charge < -0.3 is 0 Å². The van der Waals surface area contributed by atoms with Gasteiger partial charge in [0.05, 0.1) is 23.0 Å². The van der Waals surface area contributed by atoms with Gasteiger partial charge in [-0.1, -0.05) is 61.1 Å². The molecule has 1 unspecified atom stereocenters. The molecule has 1 amide bonds. The molecule has 0 N–H and O–H groups in total. The molecule has 31 heavy (non-hydrogen) atoms. The van der Waals surface area contributed by atoms with Gasteiger partial charge in [0.15, 0.2) is 5.13 Å². The molecule has 1 aliphatic heterocycles. The normalized spacial score (nSPS) is 17.7. The number of amides is 1. The van der Waals surface area contributed by atoms with E-state index in [0.29, 0.717) is 24.6 Å². The van der Waals surface area contributed by atoms with Crippen LogP contribution in [0.2, 0.25) is 0 Å². The zero-order valence-corrected chi connectivity index (χ0v) is 19.5. The number of benzene rings is 2. The summed E-state index contributed by atoms with van der Waals surface area (Å²) in [7, 11) is -3.47. The first-order valence-electron chi connectivity index (χ1n) is 10.6. The van der Waals surface area contributed by atoms with Gasteiger partial charge in [-0.25, -0.2) is 13.4 Å². The number of nitrogens with zero attached hydrogens (tertiary/aromatic N) is 3. The zero-order chi connectivity index (χ0) is 22.0. The van der Waals surface area contributed by atoms with E-state index in [4.69, 9.17) is 4.98 Å². The van der Waals surface area contributed by atoms with Crippen molar-refractivity contribution < 1.29 is 13.2 Å². The Labute approximate surface area is 187 Å². The average molecular weight is 458 g/mol. The Hall–Kier alpha value is -2.29. The molecule has 1 aliphatic rings. The first kappa shape index (κ1) is 21.9. The maximum absolute atomic E-state index is 13.7. The highest BCUT2D eigenvalue weighted by molar-refractivity contribution is 7.88. The van der Waals surface area contributed by atoms with Crippen LogP contribution in [0.1, 0.15) is 37.3 Å². The number of carbonyl (C=O) groups is 1. The Morgan fingerprint density at radius 2 is 1.94 bits per heavy atom. The lowest BCUT2D eigenvalue weighted by Gasteiger charge is -2.35. The molecule has 0 saturated carbocycles. The summed E-state index contributed by atoms with van der Waals surface area (Å²) in [5, 5.41) is 0.608. The molecule has 4 rings (SSSR count). The molecule has 3 aromatic rings. The monoisotopic (exact) mass is 457 g/mol. The van der Waals surface area contributed by atoms with Crippen LogP contribution in [0.25, 0.3) is 10.2 Å². The third kappa shape index (κ3) is 4.81. The summed E-state index contributed by atoms with van der Waals surface area (Å²) in [6.07, 6.45) is 4.26. The Bertz CT molecular complexity index is 1180. The smallest absolute Gasteiger partial charge is 0.247 e. The van der Waals surface area contributed by atoms with Crippen molar-refractivity contribution in [2.75, 3.05) is 17.7 Å². The van der Waals surface area contributed by atoms with Gasteiger partial charge in [-0.15, -0.1) is 0 Å². The van der Waals surface area contributed by atoms with E-state index in [1.54, 1.807) is 4.90 Å². The largest absolute Gasteiger partial charge is 0.282 e. The fraction of sp³-hybridized carbons (Fsp3) is 0.391. The Kier molecular flexibility index (Phi) is 6.41. The minimum atomic E-state index is -3.47. The number of sulfonamides is 1.